The Hall–Kier alpha value is -0.720. The summed E-state index contributed by atoms with van der Waals surface area (Å²) in [6, 6.07) is 5.46. The van der Waals surface area contributed by atoms with Gasteiger partial charge in [0.2, 0.25) is 0 Å². The molecular weight excluding hydrogens is 333 g/mol. The summed E-state index contributed by atoms with van der Waals surface area (Å²) in [5.74, 6) is 0. The molecule has 0 saturated carbocycles. The van der Waals surface area contributed by atoms with Crippen LogP contribution < -0.4 is 5.32 Å². The van der Waals surface area contributed by atoms with Crippen molar-refractivity contribution in [2.24, 2.45) is 0 Å². The molecule has 0 spiro atoms. The number of hydrogen-bond donors (Lipinski definition) is 1. The van der Waals surface area contributed by atoms with E-state index in [1.807, 2.05) is 30.8 Å². The van der Waals surface area contributed by atoms with Crippen molar-refractivity contribution in [1.82, 2.24) is 14.7 Å². The van der Waals surface area contributed by atoms with Crippen LogP contribution in [0.5, 0.6) is 0 Å². The Morgan fingerprint density at radius 1 is 1.40 bits per heavy atom. The van der Waals surface area contributed by atoms with Crippen molar-refractivity contribution in [3.05, 3.63) is 45.5 Å². The van der Waals surface area contributed by atoms with Gasteiger partial charge in [0.25, 0.3) is 0 Å². The summed E-state index contributed by atoms with van der Waals surface area (Å²) >= 11 is 15.4. The molecule has 0 bridgehead atoms. The Kier molecular flexibility index (Phi) is 4.23. The van der Waals surface area contributed by atoms with E-state index >= 15 is 0 Å². The molecule has 0 radical (unpaired) electrons. The number of nitrogens with zero attached hydrogens (tertiary/aromatic N) is 2. The van der Waals surface area contributed by atoms with Crippen molar-refractivity contribution in [3.8, 4) is 0 Å². The van der Waals surface area contributed by atoms with E-state index in [9.17, 15) is 0 Å². The standard InChI is InChI=1S/C13H11Cl2N3S2/c1-16-7-10-12(17-13-18(10)4-5-19-13)20-11-6-8(14)2-3-9(11)15/h2-6,16H,7H2,1H3. The third-order valence-electron chi connectivity index (χ3n) is 2.77. The maximum Gasteiger partial charge on any atom is 0.194 e. The largest absolute Gasteiger partial charge is 0.314 e. The lowest BCUT2D eigenvalue weighted by atomic mass is 10.4. The maximum absolute atomic E-state index is 6.22. The molecule has 0 unspecified atom stereocenters. The van der Waals surface area contributed by atoms with Crippen molar-refractivity contribution < 1.29 is 0 Å². The van der Waals surface area contributed by atoms with Crippen molar-refractivity contribution >= 4 is 51.3 Å². The lowest BCUT2D eigenvalue weighted by Crippen LogP contribution is -2.08. The number of hydrogen-bond acceptors (Lipinski definition) is 4. The molecule has 3 aromatic rings. The molecule has 1 aromatic carbocycles. The molecule has 7 heteroatoms. The number of rotatable bonds is 4. The molecule has 3 rings (SSSR count). The summed E-state index contributed by atoms with van der Waals surface area (Å²) in [5.41, 5.74) is 1.13. The van der Waals surface area contributed by atoms with Crippen LogP contribution in [0.3, 0.4) is 0 Å². The van der Waals surface area contributed by atoms with E-state index in [2.05, 4.69) is 14.7 Å². The van der Waals surface area contributed by atoms with Gasteiger partial charge in [-0.15, -0.1) is 11.3 Å². The molecular formula is C13H11Cl2N3S2. The first-order valence-corrected chi connectivity index (χ1v) is 8.36. The van der Waals surface area contributed by atoms with E-state index < -0.39 is 0 Å². The molecule has 0 atom stereocenters. The van der Waals surface area contributed by atoms with Gasteiger partial charge < -0.3 is 5.32 Å². The van der Waals surface area contributed by atoms with Gasteiger partial charge in [-0.2, -0.15) is 0 Å². The minimum Gasteiger partial charge on any atom is -0.314 e. The minimum absolute atomic E-state index is 0.674. The molecule has 0 aliphatic carbocycles. The molecule has 0 fully saturated rings. The van der Waals surface area contributed by atoms with Crippen LogP contribution in [0.1, 0.15) is 5.69 Å². The molecule has 2 aromatic heterocycles. The quantitative estimate of drug-likeness (QED) is 0.752. The Morgan fingerprint density at radius 2 is 2.25 bits per heavy atom. The average molecular weight is 344 g/mol. The Labute approximate surface area is 134 Å². The van der Waals surface area contributed by atoms with Crippen LogP contribution in [0.15, 0.2) is 39.7 Å². The van der Waals surface area contributed by atoms with E-state index in [1.165, 1.54) is 0 Å². The number of imidazole rings is 1. The number of nitrogens with one attached hydrogen (secondary N) is 1. The lowest BCUT2D eigenvalue weighted by molar-refractivity contribution is 0.765. The number of fused-ring (bicyclic) bond motifs is 1. The van der Waals surface area contributed by atoms with Gasteiger partial charge >= 0.3 is 0 Å². The minimum atomic E-state index is 0.674. The van der Waals surface area contributed by atoms with Crippen LogP contribution in [0.2, 0.25) is 10.0 Å². The normalized spacial score (nSPS) is 11.3. The molecule has 0 aliphatic rings. The SMILES string of the molecule is CNCc1c(Sc2cc(Cl)ccc2Cl)nc2sccn12. The van der Waals surface area contributed by atoms with E-state index in [0.717, 1.165) is 27.1 Å². The van der Waals surface area contributed by atoms with Gasteiger partial charge in [-0.1, -0.05) is 35.0 Å². The highest BCUT2D eigenvalue weighted by molar-refractivity contribution is 7.99. The highest BCUT2D eigenvalue weighted by Gasteiger charge is 2.15. The van der Waals surface area contributed by atoms with E-state index in [4.69, 9.17) is 23.2 Å². The highest BCUT2D eigenvalue weighted by Crippen LogP contribution is 2.37. The molecule has 0 amide bonds. The Morgan fingerprint density at radius 3 is 3.05 bits per heavy atom. The van der Waals surface area contributed by atoms with Gasteiger partial charge in [-0.3, -0.25) is 4.40 Å². The van der Waals surface area contributed by atoms with Crippen LogP contribution in [-0.2, 0) is 6.54 Å². The van der Waals surface area contributed by atoms with Gasteiger partial charge in [-0.25, -0.2) is 4.98 Å². The van der Waals surface area contributed by atoms with Gasteiger partial charge in [0.15, 0.2) is 4.96 Å². The smallest absolute Gasteiger partial charge is 0.194 e. The molecule has 0 saturated heterocycles. The van der Waals surface area contributed by atoms with E-state index in [1.54, 1.807) is 29.2 Å². The van der Waals surface area contributed by atoms with Crippen molar-refractivity contribution in [2.75, 3.05) is 7.05 Å². The first-order chi connectivity index (χ1) is 9.69. The fourth-order valence-corrected chi connectivity index (χ4v) is 4.12. The molecule has 104 valence electrons. The topological polar surface area (TPSA) is 29.3 Å². The van der Waals surface area contributed by atoms with Crippen molar-refractivity contribution in [1.29, 1.82) is 0 Å². The number of halogens is 2. The summed E-state index contributed by atoms with van der Waals surface area (Å²) < 4.78 is 2.10. The second-order valence-electron chi connectivity index (χ2n) is 4.13. The number of aromatic nitrogens is 2. The van der Waals surface area contributed by atoms with Crippen molar-refractivity contribution in [3.63, 3.8) is 0 Å². The van der Waals surface area contributed by atoms with Crippen LogP contribution in [0.4, 0.5) is 0 Å². The zero-order valence-corrected chi connectivity index (χ0v) is 13.7. The van der Waals surface area contributed by atoms with Gasteiger partial charge in [-0.05, 0) is 25.2 Å². The van der Waals surface area contributed by atoms with E-state index in [-0.39, 0.29) is 0 Å². The summed E-state index contributed by atoms with van der Waals surface area (Å²) in [6.07, 6.45) is 2.03. The first-order valence-electron chi connectivity index (χ1n) is 5.91. The molecule has 0 aliphatic heterocycles. The zero-order valence-electron chi connectivity index (χ0n) is 10.6. The Bertz CT molecular complexity index is 751. The average Bonchev–Trinajstić information content (AvgIpc) is 2.98. The van der Waals surface area contributed by atoms with Crippen LogP contribution in [0, 0.1) is 0 Å². The summed E-state index contributed by atoms with van der Waals surface area (Å²) in [7, 11) is 1.92. The third kappa shape index (κ3) is 2.69. The highest BCUT2D eigenvalue weighted by atomic mass is 35.5. The predicted octanol–water partition coefficient (Wildman–Crippen LogP) is 4.57. The third-order valence-corrected chi connectivity index (χ3v) is 5.28. The molecule has 2 heterocycles. The summed E-state index contributed by atoms with van der Waals surface area (Å²) in [6.45, 7) is 0.748. The van der Waals surface area contributed by atoms with Crippen LogP contribution >= 0.6 is 46.3 Å². The molecule has 1 N–H and O–H groups in total. The number of thiazole rings is 1. The molecule has 20 heavy (non-hydrogen) atoms. The second-order valence-corrected chi connectivity index (χ2v) is 6.87. The van der Waals surface area contributed by atoms with Crippen molar-refractivity contribution in [2.45, 2.75) is 16.5 Å². The number of benzene rings is 1. The van der Waals surface area contributed by atoms with E-state index in [0.29, 0.717) is 10.0 Å². The maximum atomic E-state index is 6.22. The monoisotopic (exact) mass is 343 g/mol. The van der Waals surface area contributed by atoms with Crippen LogP contribution in [0.25, 0.3) is 4.96 Å². The summed E-state index contributed by atoms with van der Waals surface area (Å²) in [4.78, 5) is 6.56. The molecule has 3 nitrogen and oxygen atoms in total. The summed E-state index contributed by atoms with van der Waals surface area (Å²) in [5, 5.41) is 7.52. The van der Waals surface area contributed by atoms with Gasteiger partial charge in [0.05, 0.1) is 10.7 Å². The van der Waals surface area contributed by atoms with Gasteiger partial charge in [0, 0.05) is 28.0 Å². The van der Waals surface area contributed by atoms with Crippen LogP contribution in [-0.4, -0.2) is 16.4 Å². The van der Waals surface area contributed by atoms with Gasteiger partial charge in [0.1, 0.15) is 5.03 Å². The second kappa shape index (κ2) is 5.95. The lowest BCUT2D eigenvalue weighted by Gasteiger charge is -2.05. The zero-order chi connectivity index (χ0) is 14.1. The Balaban J connectivity index is 2.03. The fraction of sp³-hybridized carbons (Fsp3) is 0.154. The first kappa shape index (κ1) is 14.2. The predicted molar refractivity (Wildman–Crippen MR) is 86.4 cm³/mol. The fourth-order valence-electron chi connectivity index (χ4n) is 1.88.